The molecule has 0 bridgehead atoms. The Morgan fingerprint density at radius 3 is 3.06 bits per heavy atom. The molecule has 0 saturated carbocycles. The Bertz CT molecular complexity index is 335. The lowest BCUT2D eigenvalue weighted by atomic mass is 10.1. The van der Waals surface area contributed by atoms with Gasteiger partial charge in [-0.25, -0.2) is 0 Å². The average Bonchev–Trinajstić information content (AvgIpc) is 2.65. The lowest BCUT2D eigenvalue weighted by Crippen LogP contribution is -2.28. The number of rotatable bonds is 4. The lowest BCUT2D eigenvalue weighted by molar-refractivity contribution is 0.402. The number of methoxy groups -OCH3 is 1. The normalized spacial score (nSPS) is 20.9. The molecule has 2 nitrogen and oxygen atoms in total. The van der Waals surface area contributed by atoms with Crippen molar-refractivity contribution in [2.45, 2.75) is 31.8 Å². The van der Waals surface area contributed by atoms with E-state index in [-0.39, 0.29) is 0 Å². The van der Waals surface area contributed by atoms with Crippen LogP contribution in [0.1, 0.15) is 24.8 Å². The molecule has 1 aromatic rings. The van der Waals surface area contributed by atoms with Crippen molar-refractivity contribution in [3.8, 4) is 5.75 Å². The molecule has 1 aromatic carbocycles. The van der Waals surface area contributed by atoms with Crippen molar-refractivity contribution >= 4 is 11.8 Å². The third kappa shape index (κ3) is 3.93. The summed E-state index contributed by atoms with van der Waals surface area (Å²) < 4.78 is 5.37. The lowest BCUT2D eigenvalue weighted by Gasteiger charge is -2.17. The van der Waals surface area contributed by atoms with Gasteiger partial charge in [-0.15, -0.1) is 0 Å². The van der Waals surface area contributed by atoms with Crippen molar-refractivity contribution in [1.82, 2.24) is 5.32 Å². The first-order valence-corrected chi connectivity index (χ1v) is 7.48. The van der Waals surface area contributed by atoms with Crippen LogP contribution in [0.3, 0.4) is 0 Å². The molecule has 0 aliphatic carbocycles. The van der Waals surface area contributed by atoms with Gasteiger partial charge >= 0.3 is 0 Å². The zero-order chi connectivity index (χ0) is 11.9. The second-order valence-electron chi connectivity index (χ2n) is 4.43. The van der Waals surface area contributed by atoms with Crippen LogP contribution in [0.4, 0.5) is 0 Å². The van der Waals surface area contributed by atoms with Crippen LogP contribution in [0.2, 0.25) is 0 Å². The van der Waals surface area contributed by atoms with Crippen molar-refractivity contribution < 1.29 is 4.74 Å². The molecule has 17 heavy (non-hydrogen) atoms. The van der Waals surface area contributed by atoms with Gasteiger partial charge < -0.3 is 10.1 Å². The summed E-state index contributed by atoms with van der Waals surface area (Å²) in [6.45, 7) is 0.916. The second-order valence-corrected chi connectivity index (χ2v) is 5.66. The SMILES string of the molecule is COc1ccccc1CNC1CCCSCC1. The Kier molecular flexibility index (Phi) is 5.20. The van der Waals surface area contributed by atoms with E-state index in [9.17, 15) is 0 Å². The third-order valence-corrected chi connectivity index (χ3v) is 4.33. The van der Waals surface area contributed by atoms with Crippen molar-refractivity contribution in [3.05, 3.63) is 29.8 Å². The van der Waals surface area contributed by atoms with Crippen LogP contribution in [-0.4, -0.2) is 24.7 Å². The molecule has 3 heteroatoms. The monoisotopic (exact) mass is 251 g/mol. The van der Waals surface area contributed by atoms with Crippen molar-refractivity contribution in [2.24, 2.45) is 0 Å². The zero-order valence-corrected chi connectivity index (χ0v) is 11.3. The van der Waals surface area contributed by atoms with Gasteiger partial charge in [-0.3, -0.25) is 0 Å². The molecule has 0 spiro atoms. The Morgan fingerprint density at radius 2 is 2.18 bits per heavy atom. The van der Waals surface area contributed by atoms with E-state index in [1.807, 2.05) is 12.1 Å². The van der Waals surface area contributed by atoms with Gasteiger partial charge in [0.2, 0.25) is 0 Å². The van der Waals surface area contributed by atoms with Gasteiger partial charge in [0.25, 0.3) is 0 Å². The Hall–Kier alpha value is -0.670. The predicted molar refractivity (Wildman–Crippen MR) is 74.8 cm³/mol. The van der Waals surface area contributed by atoms with E-state index in [2.05, 4.69) is 29.2 Å². The van der Waals surface area contributed by atoms with Crippen LogP contribution in [0.5, 0.6) is 5.75 Å². The maximum atomic E-state index is 5.37. The van der Waals surface area contributed by atoms with Crippen LogP contribution in [-0.2, 0) is 6.54 Å². The molecule has 0 amide bonds. The van der Waals surface area contributed by atoms with Crippen LogP contribution < -0.4 is 10.1 Å². The van der Waals surface area contributed by atoms with Crippen LogP contribution >= 0.6 is 11.8 Å². The first kappa shape index (κ1) is 12.8. The van der Waals surface area contributed by atoms with Gasteiger partial charge in [0.15, 0.2) is 0 Å². The van der Waals surface area contributed by atoms with Crippen molar-refractivity contribution in [1.29, 1.82) is 0 Å². The summed E-state index contributed by atoms with van der Waals surface area (Å²) in [6.07, 6.45) is 3.94. The highest BCUT2D eigenvalue weighted by atomic mass is 32.2. The van der Waals surface area contributed by atoms with E-state index in [0.717, 1.165) is 12.3 Å². The fourth-order valence-corrected chi connectivity index (χ4v) is 3.24. The highest BCUT2D eigenvalue weighted by Gasteiger charge is 2.12. The van der Waals surface area contributed by atoms with Gasteiger partial charge in [0, 0.05) is 18.2 Å². The number of ether oxygens (including phenoxy) is 1. The fourth-order valence-electron chi connectivity index (χ4n) is 2.21. The molecule has 1 saturated heterocycles. The summed E-state index contributed by atoms with van der Waals surface area (Å²) in [7, 11) is 1.74. The van der Waals surface area contributed by atoms with E-state index in [0.29, 0.717) is 6.04 Å². The van der Waals surface area contributed by atoms with E-state index in [1.165, 1.54) is 36.3 Å². The van der Waals surface area contributed by atoms with Crippen molar-refractivity contribution in [2.75, 3.05) is 18.6 Å². The minimum absolute atomic E-state index is 0.676. The molecule has 1 atom stereocenters. The van der Waals surface area contributed by atoms with Gasteiger partial charge in [-0.1, -0.05) is 18.2 Å². The number of thioether (sulfide) groups is 1. The molecule has 1 fully saturated rings. The van der Waals surface area contributed by atoms with E-state index in [1.54, 1.807) is 7.11 Å². The molecule has 2 rings (SSSR count). The summed E-state index contributed by atoms with van der Waals surface area (Å²) in [5.74, 6) is 3.61. The molecule has 1 heterocycles. The van der Waals surface area contributed by atoms with E-state index in [4.69, 9.17) is 4.74 Å². The third-order valence-electron chi connectivity index (χ3n) is 3.23. The highest BCUT2D eigenvalue weighted by Crippen LogP contribution is 2.20. The smallest absolute Gasteiger partial charge is 0.123 e. The van der Waals surface area contributed by atoms with Gasteiger partial charge in [0.05, 0.1) is 7.11 Å². The van der Waals surface area contributed by atoms with Gasteiger partial charge in [0.1, 0.15) is 5.75 Å². The first-order valence-electron chi connectivity index (χ1n) is 6.33. The van der Waals surface area contributed by atoms with Crippen LogP contribution in [0.25, 0.3) is 0 Å². The molecule has 0 aromatic heterocycles. The molecule has 1 unspecified atom stereocenters. The summed E-state index contributed by atoms with van der Waals surface area (Å²) in [6, 6.07) is 8.93. The number of hydrogen-bond acceptors (Lipinski definition) is 3. The Labute approximate surface area is 108 Å². The number of benzene rings is 1. The topological polar surface area (TPSA) is 21.3 Å². The van der Waals surface area contributed by atoms with Crippen LogP contribution in [0.15, 0.2) is 24.3 Å². The summed E-state index contributed by atoms with van der Waals surface area (Å²) >= 11 is 2.08. The number of hydrogen-bond donors (Lipinski definition) is 1. The minimum Gasteiger partial charge on any atom is -0.496 e. The predicted octanol–water partition coefficient (Wildman–Crippen LogP) is 3.07. The second kappa shape index (κ2) is 6.92. The zero-order valence-electron chi connectivity index (χ0n) is 10.4. The number of nitrogens with one attached hydrogen (secondary N) is 1. The summed E-state index contributed by atoms with van der Waals surface area (Å²) in [5.41, 5.74) is 1.26. The molecule has 94 valence electrons. The minimum atomic E-state index is 0.676. The maximum Gasteiger partial charge on any atom is 0.123 e. The molecule has 0 radical (unpaired) electrons. The number of para-hydroxylation sites is 1. The quantitative estimate of drug-likeness (QED) is 0.888. The maximum absolute atomic E-state index is 5.37. The highest BCUT2D eigenvalue weighted by molar-refractivity contribution is 7.99. The van der Waals surface area contributed by atoms with Gasteiger partial charge in [-0.05, 0) is 36.8 Å². The van der Waals surface area contributed by atoms with E-state index < -0.39 is 0 Å². The standard InChI is InChI=1S/C14H21NOS/c1-16-14-7-3-2-5-12(14)11-15-13-6-4-9-17-10-8-13/h2-3,5,7,13,15H,4,6,8-11H2,1H3. The van der Waals surface area contributed by atoms with Gasteiger partial charge in [-0.2, -0.15) is 11.8 Å². The van der Waals surface area contributed by atoms with Crippen LogP contribution in [0, 0.1) is 0 Å². The first-order chi connectivity index (χ1) is 8.40. The average molecular weight is 251 g/mol. The Morgan fingerprint density at radius 1 is 1.29 bits per heavy atom. The molecule has 1 aliphatic rings. The van der Waals surface area contributed by atoms with Crippen molar-refractivity contribution in [3.63, 3.8) is 0 Å². The Balaban J connectivity index is 1.87. The molecular weight excluding hydrogens is 230 g/mol. The summed E-state index contributed by atoms with van der Waals surface area (Å²) in [4.78, 5) is 0. The molecule has 1 aliphatic heterocycles. The largest absolute Gasteiger partial charge is 0.496 e. The molecule has 1 N–H and O–H groups in total. The fraction of sp³-hybridized carbons (Fsp3) is 0.571. The summed E-state index contributed by atoms with van der Waals surface area (Å²) in [5, 5.41) is 3.66. The van der Waals surface area contributed by atoms with E-state index >= 15 is 0 Å². The molecular formula is C14H21NOS.